The van der Waals surface area contributed by atoms with Crippen LogP contribution in [0.4, 0.5) is 0 Å². The zero-order valence-corrected chi connectivity index (χ0v) is 10.9. The maximum absolute atomic E-state index is 11.7. The van der Waals surface area contributed by atoms with E-state index in [9.17, 15) is 9.90 Å². The van der Waals surface area contributed by atoms with Gasteiger partial charge in [0.05, 0.1) is 19.0 Å². The smallest absolute Gasteiger partial charge is 0.280 e. The lowest BCUT2D eigenvalue weighted by atomic mass is 10.1. The predicted octanol–water partition coefficient (Wildman–Crippen LogP) is -1.65. The number of nitrogens with one attached hydrogen (secondary N) is 1. The lowest BCUT2D eigenvalue weighted by molar-refractivity contribution is -0.0437. The first-order chi connectivity index (χ1) is 9.52. The van der Waals surface area contributed by atoms with Crippen molar-refractivity contribution in [3.8, 4) is 0 Å². The molecule has 1 aliphatic rings. The van der Waals surface area contributed by atoms with E-state index in [1.807, 2.05) is 0 Å². The van der Waals surface area contributed by atoms with E-state index in [0.717, 1.165) is 0 Å². The van der Waals surface area contributed by atoms with Crippen molar-refractivity contribution in [3.05, 3.63) is 22.0 Å². The molecule has 108 valence electrons. The molecule has 0 radical (unpaired) electrons. The van der Waals surface area contributed by atoms with Crippen molar-refractivity contribution in [1.29, 1.82) is 0 Å². The zero-order chi connectivity index (χ0) is 14.4. The van der Waals surface area contributed by atoms with Crippen LogP contribution in [-0.4, -0.2) is 54.6 Å². The van der Waals surface area contributed by atoms with Gasteiger partial charge in [-0.2, -0.15) is 4.98 Å². The van der Waals surface area contributed by atoms with Crippen molar-refractivity contribution >= 4 is 22.8 Å². The van der Waals surface area contributed by atoms with Gasteiger partial charge in [0.2, 0.25) is 5.28 Å². The Morgan fingerprint density at radius 2 is 2.35 bits per heavy atom. The second-order valence-corrected chi connectivity index (χ2v) is 4.85. The number of fused-ring (bicyclic) bond motifs is 1. The summed E-state index contributed by atoms with van der Waals surface area (Å²) >= 11 is 5.71. The molecule has 9 nitrogen and oxygen atoms in total. The highest BCUT2D eigenvalue weighted by Gasteiger charge is 2.42. The number of ether oxygens (including phenoxy) is 1. The molecule has 0 aromatic carbocycles. The number of rotatable bonds is 2. The van der Waals surface area contributed by atoms with Gasteiger partial charge in [-0.3, -0.25) is 14.3 Å². The highest BCUT2D eigenvalue weighted by molar-refractivity contribution is 6.28. The number of nitrogens with two attached hydrogens (primary N) is 1. The van der Waals surface area contributed by atoms with Crippen LogP contribution in [0, 0.1) is 0 Å². The standard InChI is InChI=1S/C10H12ClN5O4/c11-10-14-7-5(8(19)15-10)13-2-16(7)9-4(12)6(18)3(1-17)20-9/h2-4,6,9,17-18H,1,12H2,(H,14,15,19)/t3-,4?,6?,9-/m1/s1. The summed E-state index contributed by atoms with van der Waals surface area (Å²) in [5.74, 6) is 0. The van der Waals surface area contributed by atoms with E-state index in [2.05, 4.69) is 15.0 Å². The zero-order valence-electron chi connectivity index (χ0n) is 10.1. The van der Waals surface area contributed by atoms with Gasteiger partial charge in [-0.25, -0.2) is 4.98 Å². The SMILES string of the molecule is NC1C(O)[C@@H](CO)O[C@H]1n1cnc2c(=O)[nH]c(Cl)nc21. The van der Waals surface area contributed by atoms with Gasteiger partial charge >= 0.3 is 0 Å². The van der Waals surface area contributed by atoms with Crippen LogP contribution in [0.2, 0.25) is 5.28 Å². The van der Waals surface area contributed by atoms with Gasteiger partial charge in [-0.15, -0.1) is 0 Å². The molecular formula is C10H12ClN5O4. The first-order valence-electron chi connectivity index (χ1n) is 5.85. The van der Waals surface area contributed by atoms with E-state index in [4.69, 9.17) is 27.2 Å². The largest absolute Gasteiger partial charge is 0.394 e. The van der Waals surface area contributed by atoms with Gasteiger partial charge in [0.1, 0.15) is 12.2 Å². The second kappa shape index (κ2) is 4.79. The summed E-state index contributed by atoms with van der Waals surface area (Å²) in [7, 11) is 0. The number of hydrogen-bond donors (Lipinski definition) is 4. The summed E-state index contributed by atoms with van der Waals surface area (Å²) in [6.45, 7) is -0.368. The van der Waals surface area contributed by atoms with Crippen LogP contribution >= 0.6 is 11.6 Å². The van der Waals surface area contributed by atoms with Gasteiger partial charge in [-0.05, 0) is 11.6 Å². The Labute approximate surface area is 117 Å². The Morgan fingerprint density at radius 3 is 3.00 bits per heavy atom. The quantitative estimate of drug-likeness (QED) is 0.487. The second-order valence-electron chi connectivity index (χ2n) is 4.50. The number of aliphatic hydroxyl groups excluding tert-OH is 2. The molecule has 1 saturated heterocycles. The fourth-order valence-corrected chi connectivity index (χ4v) is 2.42. The summed E-state index contributed by atoms with van der Waals surface area (Å²) in [5.41, 5.74) is 5.67. The normalized spacial score (nSPS) is 30.2. The molecule has 0 aliphatic carbocycles. The minimum Gasteiger partial charge on any atom is -0.394 e. The van der Waals surface area contributed by atoms with E-state index < -0.39 is 30.0 Å². The number of aromatic amines is 1. The van der Waals surface area contributed by atoms with Gasteiger partial charge in [0, 0.05) is 0 Å². The van der Waals surface area contributed by atoms with Crippen molar-refractivity contribution in [2.45, 2.75) is 24.5 Å². The third kappa shape index (κ3) is 1.91. The monoisotopic (exact) mass is 301 g/mol. The molecule has 0 amide bonds. The van der Waals surface area contributed by atoms with Crippen molar-refractivity contribution in [3.63, 3.8) is 0 Å². The molecule has 1 fully saturated rings. The minimum absolute atomic E-state index is 0.0879. The van der Waals surface area contributed by atoms with Gasteiger partial charge < -0.3 is 20.7 Å². The highest BCUT2D eigenvalue weighted by Crippen LogP contribution is 2.29. The molecule has 2 aromatic heterocycles. The number of hydrogen-bond acceptors (Lipinski definition) is 7. The molecule has 5 N–H and O–H groups in total. The Kier molecular flexibility index (Phi) is 3.22. The molecule has 10 heteroatoms. The molecular weight excluding hydrogens is 290 g/mol. The molecule has 0 saturated carbocycles. The van der Waals surface area contributed by atoms with E-state index in [1.165, 1.54) is 10.9 Å². The minimum atomic E-state index is -1.03. The molecule has 3 heterocycles. The Balaban J connectivity index is 2.09. The van der Waals surface area contributed by atoms with E-state index in [0.29, 0.717) is 0 Å². The lowest BCUT2D eigenvalue weighted by Gasteiger charge is -2.17. The lowest BCUT2D eigenvalue weighted by Crippen LogP contribution is -2.39. The number of nitrogens with zero attached hydrogens (tertiary/aromatic N) is 3. The molecule has 0 spiro atoms. The Bertz CT molecular complexity index is 701. The first-order valence-corrected chi connectivity index (χ1v) is 6.23. The third-order valence-electron chi connectivity index (χ3n) is 3.28. The molecule has 4 atom stereocenters. The number of H-pyrrole nitrogens is 1. The summed E-state index contributed by atoms with van der Waals surface area (Å²) < 4.78 is 6.89. The first kappa shape index (κ1) is 13.5. The van der Waals surface area contributed by atoms with Crippen LogP contribution < -0.4 is 11.3 Å². The molecule has 0 bridgehead atoms. The Hall–Kier alpha value is -1.52. The summed E-state index contributed by atoms with van der Waals surface area (Å²) in [4.78, 5) is 21.9. The number of halogens is 1. The maximum atomic E-state index is 11.7. The third-order valence-corrected chi connectivity index (χ3v) is 3.46. The molecule has 20 heavy (non-hydrogen) atoms. The number of imidazole rings is 1. The highest BCUT2D eigenvalue weighted by atomic mass is 35.5. The van der Waals surface area contributed by atoms with Crippen LogP contribution in [0.1, 0.15) is 6.23 Å². The van der Waals surface area contributed by atoms with Crippen LogP contribution in [0.25, 0.3) is 11.2 Å². The van der Waals surface area contributed by atoms with Crippen LogP contribution in [0.15, 0.2) is 11.1 Å². The van der Waals surface area contributed by atoms with Crippen molar-refractivity contribution in [1.82, 2.24) is 19.5 Å². The predicted molar refractivity (Wildman–Crippen MR) is 68.1 cm³/mol. The van der Waals surface area contributed by atoms with Crippen molar-refractivity contribution in [2.24, 2.45) is 5.73 Å². The number of aromatic nitrogens is 4. The molecule has 3 rings (SSSR count). The van der Waals surface area contributed by atoms with Gasteiger partial charge in [-0.1, -0.05) is 0 Å². The Morgan fingerprint density at radius 1 is 1.60 bits per heavy atom. The van der Waals surface area contributed by atoms with Crippen LogP contribution in [0.5, 0.6) is 0 Å². The topological polar surface area (TPSA) is 139 Å². The molecule has 1 aliphatic heterocycles. The van der Waals surface area contributed by atoms with Crippen LogP contribution in [0.3, 0.4) is 0 Å². The average molecular weight is 302 g/mol. The fourth-order valence-electron chi connectivity index (χ4n) is 2.25. The van der Waals surface area contributed by atoms with Crippen molar-refractivity contribution in [2.75, 3.05) is 6.61 Å². The number of aliphatic hydroxyl groups is 2. The molecule has 2 aromatic rings. The van der Waals surface area contributed by atoms with Gasteiger partial charge in [0.15, 0.2) is 17.4 Å². The fraction of sp³-hybridized carbons (Fsp3) is 0.500. The maximum Gasteiger partial charge on any atom is 0.280 e. The van der Waals surface area contributed by atoms with Gasteiger partial charge in [0.25, 0.3) is 5.56 Å². The summed E-state index contributed by atoms with van der Waals surface area (Å²) in [5, 5.41) is 18.9. The van der Waals surface area contributed by atoms with Crippen LogP contribution in [-0.2, 0) is 4.74 Å². The van der Waals surface area contributed by atoms with E-state index in [-0.39, 0.29) is 23.1 Å². The average Bonchev–Trinajstić information content (AvgIpc) is 2.93. The van der Waals surface area contributed by atoms with Crippen molar-refractivity contribution < 1.29 is 14.9 Å². The summed E-state index contributed by atoms with van der Waals surface area (Å²) in [6.07, 6.45) is -1.29. The molecule has 2 unspecified atom stereocenters. The summed E-state index contributed by atoms with van der Waals surface area (Å²) in [6, 6.07) is -0.788. The van der Waals surface area contributed by atoms with E-state index in [1.54, 1.807) is 0 Å². The van der Waals surface area contributed by atoms with E-state index >= 15 is 0 Å².